The molecule has 39 heteroatoms. The molecule has 4 aliphatic heterocycles. The largest absolute Gasteiger partial charge is 0.463 e. The van der Waals surface area contributed by atoms with Gasteiger partial charge in [0.05, 0.1) is 12.8 Å². The first kappa shape index (κ1) is 88.3. The SMILES string of the molecule is CC(=O)OCC1O[C@@H](OC(C)=O)C[C@@H](OC(C)=O)[C@@H]1OC(C)=O.CC(=O)OCC1O[C@H](Br)C(OC(C)=O)[C@@H](OC(C)=O)[C@@H]1OC(C)=O.CC(=O)OCC1O[C@H](Br)C(OC(C)=O)[C@@H](OC(C)=O)[C@@H]1OC(C)=O.CC(=O)OCC1O[C@H](OC(C)=O)C[C@@H](OC(C)=O)[C@@H]1OC(C)=O.CO. The van der Waals surface area contributed by atoms with Gasteiger partial charge in [0.2, 0.25) is 12.6 Å². The molecule has 0 aliphatic carbocycles. The summed E-state index contributed by atoms with van der Waals surface area (Å²) in [4.78, 5) is 179. The Balaban J connectivity index is 0.00000124. The van der Waals surface area contributed by atoms with Crippen LogP contribution in [0.15, 0.2) is 0 Å². The number of esters is 16. The van der Waals surface area contributed by atoms with E-state index >= 15 is 0 Å². The first-order valence-electron chi connectivity index (χ1n) is 28.6. The fourth-order valence-corrected chi connectivity index (χ4v) is 10.0. The summed E-state index contributed by atoms with van der Waals surface area (Å²) in [6, 6.07) is 0. The van der Waals surface area contributed by atoms with Crippen LogP contribution in [0.2, 0.25) is 0 Å². The van der Waals surface area contributed by atoms with Gasteiger partial charge in [0.25, 0.3) is 0 Å². The molecule has 4 heterocycles. The van der Waals surface area contributed by atoms with Crippen molar-refractivity contribution in [3.63, 3.8) is 0 Å². The predicted octanol–water partition coefficient (Wildman–Crippen LogP) is 0.719. The van der Waals surface area contributed by atoms with E-state index in [1.807, 2.05) is 0 Å². The van der Waals surface area contributed by atoms with Gasteiger partial charge in [0.15, 0.2) is 58.9 Å². The van der Waals surface area contributed by atoms with Crippen LogP contribution in [0.25, 0.3) is 0 Å². The number of carbonyl (C=O) groups excluding carboxylic acids is 16. The second kappa shape index (κ2) is 44.9. The maximum Gasteiger partial charge on any atom is 0.304 e. The summed E-state index contributed by atoms with van der Waals surface area (Å²) >= 11 is 6.37. The van der Waals surface area contributed by atoms with E-state index in [1.165, 1.54) is 83.1 Å². The van der Waals surface area contributed by atoms with Gasteiger partial charge in [-0.05, 0) is 0 Å². The van der Waals surface area contributed by atoms with Gasteiger partial charge >= 0.3 is 95.5 Å². The van der Waals surface area contributed by atoms with Crippen molar-refractivity contribution >= 4 is 127 Å². The minimum absolute atomic E-state index is 0.00627. The van der Waals surface area contributed by atoms with Gasteiger partial charge < -0.3 is 99.8 Å². The van der Waals surface area contributed by atoms with Crippen LogP contribution in [0.3, 0.4) is 0 Å². The predicted molar refractivity (Wildman–Crippen MR) is 315 cm³/mol. The van der Waals surface area contributed by atoms with Gasteiger partial charge in [-0.2, -0.15) is 0 Å². The van der Waals surface area contributed by atoms with Crippen molar-refractivity contribution in [3.05, 3.63) is 0 Å². The highest BCUT2D eigenvalue weighted by atomic mass is 79.9. The highest BCUT2D eigenvalue weighted by molar-refractivity contribution is 9.09. The van der Waals surface area contributed by atoms with Crippen molar-refractivity contribution < 1.29 is 177 Å². The third-order valence-corrected chi connectivity index (χ3v) is 13.0. The van der Waals surface area contributed by atoms with Crippen LogP contribution in [0.4, 0.5) is 0 Å². The first-order valence-corrected chi connectivity index (χ1v) is 30.4. The molecule has 1 N–H and O–H groups in total. The molecular formula is C57H82Br2O37. The molecule has 546 valence electrons. The molecule has 0 spiro atoms. The minimum atomic E-state index is -1.13. The van der Waals surface area contributed by atoms with E-state index in [2.05, 4.69) is 31.9 Å². The molecule has 4 saturated heterocycles. The molecule has 0 amide bonds. The second-order valence-corrected chi connectivity index (χ2v) is 21.9. The number of hydrogen-bond acceptors (Lipinski definition) is 37. The van der Waals surface area contributed by atoms with E-state index in [4.69, 9.17) is 99.8 Å². The highest BCUT2D eigenvalue weighted by Gasteiger charge is 2.53. The Kier molecular flexibility index (Phi) is 41.3. The number of halogens is 2. The normalized spacial score (nSPS) is 27.5. The zero-order chi connectivity index (χ0) is 74.0. The van der Waals surface area contributed by atoms with Gasteiger partial charge in [-0.1, -0.05) is 31.9 Å². The van der Waals surface area contributed by atoms with Crippen molar-refractivity contribution in [2.45, 2.75) is 232 Å². The zero-order valence-corrected chi connectivity index (χ0v) is 58.7. The lowest BCUT2D eigenvalue weighted by molar-refractivity contribution is -0.260. The van der Waals surface area contributed by atoms with Crippen LogP contribution >= 0.6 is 31.9 Å². The van der Waals surface area contributed by atoms with Crippen molar-refractivity contribution in [1.29, 1.82) is 0 Å². The van der Waals surface area contributed by atoms with Crippen molar-refractivity contribution in [3.8, 4) is 0 Å². The van der Waals surface area contributed by atoms with Crippen molar-refractivity contribution in [1.82, 2.24) is 0 Å². The Morgan fingerprint density at radius 1 is 0.260 bits per heavy atom. The summed E-state index contributed by atoms with van der Waals surface area (Å²) in [6.07, 6.45) is -16.1. The molecule has 0 aromatic rings. The number of carbonyl (C=O) groups is 16. The molecule has 18 atom stereocenters. The summed E-state index contributed by atoms with van der Waals surface area (Å²) in [5, 5.41) is 5.27. The zero-order valence-electron chi connectivity index (χ0n) is 55.5. The van der Waals surface area contributed by atoms with Crippen LogP contribution < -0.4 is 0 Å². The van der Waals surface area contributed by atoms with Gasteiger partial charge in [0, 0.05) is 118 Å². The standard InChI is InChI=1S/2C14H19BrO9.2C14H20O9.CH4O/c2*1-6(16)20-5-10-11(21-7(2)17)12(22-8(3)18)13(14(15)24-10)23-9(4)19;2*1-7(15)19-6-12-14(22-10(4)18)11(20-8(2)16)5-13(23-12)21-9(3)17;1-2/h2*10-14H,5H2,1-4H3;2*11-14H,5-6H2,1-4H3;2H,1H3/t2*10?,11-,12+,13?,14+;11-,12?,13+,14+;11-,12?,13-,14+;/m1111./s1. The molecule has 0 bridgehead atoms. The molecule has 0 aromatic heterocycles. The average Bonchev–Trinajstić information content (AvgIpc) is 1.03. The fourth-order valence-electron chi connectivity index (χ4n) is 8.67. The molecule has 0 aromatic carbocycles. The molecule has 37 nitrogen and oxygen atoms in total. The maximum absolute atomic E-state index is 11.4. The van der Waals surface area contributed by atoms with Crippen LogP contribution in [0.1, 0.15) is 124 Å². The Morgan fingerprint density at radius 2 is 0.448 bits per heavy atom. The molecular weight excluding hydrogens is 1440 g/mol. The molecule has 4 rings (SSSR count). The van der Waals surface area contributed by atoms with Crippen molar-refractivity contribution in [2.75, 3.05) is 33.5 Å². The minimum Gasteiger partial charge on any atom is -0.463 e. The molecule has 4 fully saturated rings. The maximum atomic E-state index is 11.4. The molecule has 0 radical (unpaired) electrons. The molecule has 0 saturated carbocycles. The van der Waals surface area contributed by atoms with Gasteiger partial charge in [0.1, 0.15) is 63.1 Å². The summed E-state index contributed by atoms with van der Waals surface area (Å²) < 4.78 is 103. The van der Waals surface area contributed by atoms with Crippen LogP contribution in [0.5, 0.6) is 0 Å². The lowest BCUT2D eigenvalue weighted by atomic mass is 9.99. The molecule has 4 aliphatic rings. The number of ether oxygens (including phenoxy) is 20. The van der Waals surface area contributed by atoms with E-state index in [1.54, 1.807) is 0 Å². The number of alkyl halides is 2. The Bertz CT molecular complexity index is 2490. The van der Waals surface area contributed by atoms with Crippen molar-refractivity contribution in [2.24, 2.45) is 0 Å². The number of aliphatic hydroxyl groups excluding tert-OH is 1. The second-order valence-electron chi connectivity index (χ2n) is 20.0. The number of hydrogen-bond donors (Lipinski definition) is 1. The lowest BCUT2D eigenvalue weighted by Gasteiger charge is -2.42. The lowest BCUT2D eigenvalue weighted by Crippen LogP contribution is -2.60. The summed E-state index contributed by atoms with van der Waals surface area (Å²) in [6.45, 7) is 18.0. The fraction of sp³-hybridized carbons (Fsp3) is 0.719. The van der Waals surface area contributed by atoms with Crippen LogP contribution in [-0.4, -0.2) is 242 Å². The van der Waals surface area contributed by atoms with Crippen LogP contribution in [0, 0.1) is 0 Å². The average molecular weight is 1520 g/mol. The smallest absolute Gasteiger partial charge is 0.304 e. The summed E-state index contributed by atoms with van der Waals surface area (Å²) in [5.74, 6) is -9.76. The molecule has 96 heavy (non-hydrogen) atoms. The van der Waals surface area contributed by atoms with E-state index in [-0.39, 0.29) is 39.3 Å². The topological polar surface area (TPSA) is 478 Å². The van der Waals surface area contributed by atoms with Crippen LogP contribution in [-0.2, 0) is 171 Å². The summed E-state index contributed by atoms with van der Waals surface area (Å²) in [7, 11) is 1.00. The van der Waals surface area contributed by atoms with E-state index in [0.29, 0.717) is 0 Å². The third kappa shape index (κ3) is 35.9. The monoisotopic (exact) mass is 1520 g/mol. The van der Waals surface area contributed by atoms with Gasteiger partial charge in [-0.15, -0.1) is 0 Å². The number of aliphatic hydroxyl groups is 1. The Morgan fingerprint density at radius 3 is 0.656 bits per heavy atom. The van der Waals surface area contributed by atoms with Gasteiger partial charge in [-0.3, -0.25) is 76.7 Å². The van der Waals surface area contributed by atoms with E-state index < -0.39 is 204 Å². The first-order chi connectivity index (χ1) is 44.6. The quantitative estimate of drug-likeness (QED) is 0.0996. The summed E-state index contributed by atoms with van der Waals surface area (Å²) in [5.41, 5.74) is 0. The highest BCUT2D eigenvalue weighted by Crippen LogP contribution is 2.34. The number of rotatable bonds is 20. The molecule has 6 unspecified atom stereocenters. The van der Waals surface area contributed by atoms with E-state index in [0.717, 1.165) is 34.8 Å². The Hall–Kier alpha value is -7.72. The third-order valence-electron chi connectivity index (χ3n) is 11.6. The van der Waals surface area contributed by atoms with Gasteiger partial charge in [-0.25, -0.2) is 0 Å². The van der Waals surface area contributed by atoms with E-state index in [9.17, 15) is 76.7 Å². The Labute approximate surface area is 567 Å².